The van der Waals surface area contributed by atoms with Gasteiger partial charge in [0, 0.05) is 24.1 Å². The zero-order valence-corrected chi connectivity index (χ0v) is 17.4. The van der Waals surface area contributed by atoms with E-state index in [-0.39, 0.29) is 18.5 Å². The summed E-state index contributed by atoms with van der Waals surface area (Å²) in [5.74, 6) is 0.509. The summed E-state index contributed by atoms with van der Waals surface area (Å²) in [6.07, 6.45) is 3.16. The number of aliphatic hydroxyl groups is 1. The summed E-state index contributed by atoms with van der Waals surface area (Å²) in [5.41, 5.74) is 11.7. The molecule has 1 aromatic heterocycles. The van der Waals surface area contributed by atoms with E-state index in [1.54, 1.807) is 13.1 Å². The summed E-state index contributed by atoms with van der Waals surface area (Å²) >= 11 is 0. The van der Waals surface area contributed by atoms with Crippen molar-refractivity contribution in [1.82, 2.24) is 9.97 Å². The Kier molecular flexibility index (Phi) is 8.49. The van der Waals surface area contributed by atoms with Crippen LogP contribution in [0.25, 0.3) is 11.1 Å². The van der Waals surface area contributed by atoms with Gasteiger partial charge in [0.15, 0.2) is 0 Å². The lowest BCUT2D eigenvalue weighted by molar-refractivity contribution is 0.318. The Labute approximate surface area is 173 Å². The van der Waals surface area contributed by atoms with E-state index in [2.05, 4.69) is 58.5 Å². The van der Waals surface area contributed by atoms with E-state index >= 15 is 0 Å². The number of nitrogen functional groups attached to an aromatic ring is 1. The van der Waals surface area contributed by atoms with Crippen LogP contribution in [0.1, 0.15) is 49.9 Å². The normalized spacial score (nSPS) is 14.6. The summed E-state index contributed by atoms with van der Waals surface area (Å²) in [7, 11) is 0. The molecule has 0 spiro atoms. The summed E-state index contributed by atoms with van der Waals surface area (Å²) in [4.78, 5) is 8.40. The summed E-state index contributed by atoms with van der Waals surface area (Å²) in [5, 5.41) is 15.9. The molecule has 0 radical (unpaired) electrons. The average Bonchev–Trinajstić information content (AvgIpc) is 2.76. The molecule has 4 rings (SSSR count). The summed E-state index contributed by atoms with van der Waals surface area (Å²) in [6, 6.07) is 18.8. The molecule has 0 saturated carbocycles. The van der Waals surface area contributed by atoms with Gasteiger partial charge in [-0.15, -0.1) is 0 Å². The molecule has 1 aliphatic carbocycles. The van der Waals surface area contributed by atoms with Gasteiger partial charge in [-0.3, -0.25) is 0 Å². The fraction of sp³-hybridized carbons (Fsp3) is 0.292. The number of hydrogen-bond acceptors (Lipinski definition) is 5. The van der Waals surface area contributed by atoms with Gasteiger partial charge in [0.1, 0.15) is 0 Å². The van der Waals surface area contributed by atoms with Crippen LogP contribution < -0.4 is 5.73 Å². The maximum atomic E-state index is 8.38. The topological polar surface area (TPSA) is 95.9 Å². The Morgan fingerprint density at radius 2 is 1.62 bits per heavy atom. The SMILES string of the molecule is CC.CCO.N=C1CC(c2ccccc2-c2ccccc2)Cc2nc(N)ncc21. The van der Waals surface area contributed by atoms with Crippen LogP contribution in [-0.2, 0) is 6.42 Å². The highest BCUT2D eigenvalue weighted by Gasteiger charge is 2.27. The molecule has 2 aromatic carbocycles. The van der Waals surface area contributed by atoms with Crippen LogP contribution in [0.2, 0.25) is 0 Å². The number of hydrogen-bond donors (Lipinski definition) is 3. The second kappa shape index (κ2) is 11.1. The average molecular weight is 391 g/mol. The van der Waals surface area contributed by atoms with Crippen LogP contribution in [-0.4, -0.2) is 27.4 Å². The predicted molar refractivity (Wildman–Crippen MR) is 120 cm³/mol. The fourth-order valence-electron chi connectivity index (χ4n) is 3.46. The quantitative estimate of drug-likeness (QED) is 0.583. The molecule has 1 atom stereocenters. The predicted octanol–water partition coefficient (Wildman–Crippen LogP) is 4.85. The highest BCUT2D eigenvalue weighted by molar-refractivity contribution is 6.00. The minimum absolute atomic E-state index is 0.232. The number of fused-ring (bicyclic) bond motifs is 1. The Morgan fingerprint density at radius 3 is 2.31 bits per heavy atom. The standard InChI is InChI=1S/C20H18N4.C2H6O.C2H6/c21-18-10-14(11-19-17(18)12-23-20(22)24-19)16-9-5-4-8-15(16)13-6-2-1-3-7-13;1-2-3;1-2/h1-9,12,14,21H,10-11H2,(H2,22,23,24);3H,2H2,1H3;1-2H3. The highest BCUT2D eigenvalue weighted by Crippen LogP contribution is 2.37. The molecule has 1 aliphatic rings. The number of nitrogens with one attached hydrogen (secondary N) is 1. The monoisotopic (exact) mass is 390 g/mol. The van der Waals surface area contributed by atoms with Gasteiger partial charge in [0.25, 0.3) is 0 Å². The van der Waals surface area contributed by atoms with Crippen molar-refractivity contribution in [2.24, 2.45) is 0 Å². The highest BCUT2D eigenvalue weighted by atomic mass is 16.2. The third-order valence-corrected chi connectivity index (χ3v) is 4.59. The Balaban J connectivity index is 0.000000551. The van der Waals surface area contributed by atoms with E-state index in [1.165, 1.54) is 16.7 Å². The molecule has 3 aromatic rings. The van der Waals surface area contributed by atoms with Crippen LogP contribution in [0.4, 0.5) is 5.95 Å². The van der Waals surface area contributed by atoms with Gasteiger partial charge >= 0.3 is 0 Å². The Hall–Kier alpha value is -3.05. The van der Waals surface area contributed by atoms with Gasteiger partial charge in [-0.25, -0.2) is 9.97 Å². The van der Waals surface area contributed by atoms with Crippen molar-refractivity contribution < 1.29 is 5.11 Å². The van der Waals surface area contributed by atoms with Crippen LogP contribution in [0, 0.1) is 5.41 Å². The lowest BCUT2D eigenvalue weighted by Crippen LogP contribution is -2.21. The molecule has 0 fully saturated rings. The lowest BCUT2D eigenvalue weighted by atomic mass is 9.79. The van der Waals surface area contributed by atoms with Crippen LogP contribution in [0.5, 0.6) is 0 Å². The van der Waals surface area contributed by atoms with Crippen LogP contribution >= 0.6 is 0 Å². The molecule has 0 amide bonds. The second-order valence-corrected chi connectivity index (χ2v) is 6.44. The Bertz CT molecular complexity index is 925. The van der Waals surface area contributed by atoms with E-state index in [9.17, 15) is 0 Å². The molecule has 152 valence electrons. The van der Waals surface area contributed by atoms with E-state index in [0.717, 1.165) is 17.7 Å². The first-order chi connectivity index (χ1) is 14.1. The van der Waals surface area contributed by atoms with Crippen LogP contribution in [0.15, 0.2) is 60.8 Å². The largest absolute Gasteiger partial charge is 0.397 e. The molecule has 4 N–H and O–H groups in total. The molecular weight excluding hydrogens is 360 g/mol. The number of rotatable bonds is 2. The third-order valence-electron chi connectivity index (χ3n) is 4.59. The first-order valence-corrected chi connectivity index (χ1v) is 10.1. The number of benzene rings is 2. The molecule has 5 nitrogen and oxygen atoms in total. The summed E-state index contributed by atoms with van der Waals surface area (Å²) in [6.45, 7) is 5.93. The molecular formula is C24H30N4O. The van der Waals surface area contributed by atoms with Crippen molar-refractivity contribution >= 4 is 11.7 Å². The van der Waals surface area contributed by atoms with Gasteiger partial charge < -0.3 is 16.2 Å². The maximum absolute atomic E-state index is 8.38. The van der Waals surface area contributed by atoms with Crippen molar-refractivity contribution in [2.45, 2.75) is 39.5 Å². The molecule has 0 saturated heterocycles. The third kappa shape index (κ3) is 5.48. The van der Waals surface area contributed by atoms with Gasteiger partial charge in [-0.1, -0.05) is 68.4 Å². The molecule has 1 heterocycles. The Morgan fingerprint density at radius 1 is 1.00 bits per heavy atom. The smallest absolute Gasteiger partial charge is 0.220 e. The minimum Gasteiger partial charge on any atom is -0.397 e. The number of nitrogens with zero attached hydrogens (tertiary/aromatic N) is 2. The molecule has 0 aliphatic heterocycles. The van der Waals surface area contributed by atoms with Crippen molar-refractivity contribution in [3.63, 3.8) is 0 Å². The number of aromatic nitrogens is 2. The number of anilines is 1. The zero-order valence-electron chi connectivity index (χ0n) is 17.4. The van der Waals surface area contributed by atoms with Gasteiger partial charge in [0.2, 0.25) is 5.95 Å². The lowest BCUT2D eigenvalue weighted by Gasteiger charge is -2.26. The molecule has 1 unspecified atom stereocenters. The number of nitrogens with two attached hydrogens (primary N) is 1. The van der Waals surface area contributed by atoms with E-state index in [0.29, 0.717) is 12.1 Å². The van der Waals surface area contributed by atoms with Crippen molar-refractivity contribution in [3.05, 3.63) is 77.6 Å². The maximum Gasteiger partial charge on any atom is 0.220 e. The number of aliphatic hydroxyl groups excluding tert-OH is 1. The summed E-state index contributed by atoms with van der Waals surface area (Å²) < 4.78 is 0. The van der Waals surface area contributed by atoms with Crippen molar-refractivity contribution in [1.29, 1.82) is 5.41 Å². The molecule has 0 bridgehead atoms. The van der Waals surface area contributed by atoms with Crippen molar-refractivity contribution in [3.8, 4) is 11.1 Å². The van der Waals surface area contributed by atoms with Crippen LogP contribution in [0.3, 0.4) is 0 Å². The van der Waals surface area contributed by atoms with E-state index in [1.807, 2.05) is 19.9 Å². The van der Waals surface area contributed by atoms with E-state index in [4.69, 9.17) is 16.2 Å². The van der Waals surface area contributed by atoms with Gasteiger partial charge in [-0.2, -0.15) is 0 Å². The molecule has 29 heavy (non-hydrogen) atoms. The first-order valence-electron chi connectivity index (χ1n) is 10.1. The van der Waals surface area contributed by atoms with E-state index < -0.39 is 0 Å². The zero-order chi connectivity index (χ0) is 21.2. The van der Waals surface area contributed by atoms with Gasteiger partial charge in [-0.05, 0) is 42.4 Å². The fourth-order valence-corrected chi connectivity index (χ4v) is 3.46. The second-order valence-electron chi connectivity index (χ2n) is 6.44. The first kappa shape index (κ1) is 22.2. The van der Waals surface area contributed by atoms with Crippen molar-refractivity contribution in [2.75, 3.05) is 12.3 Å². The molecule has 5 heteroatoms. The minimum atomic E-state index is 0.232. The van der Waals surface area contributed by atoms with Gasteiger partial charge in [0.05, 0.1) is 5.69 Å².